The molecule has 1 aromatic heterocycles. The molecule has 3 fully saturated rings. The number of hydrogen-bond donors (Lipinski definition) is 0. The van der Waals surface area contributed by atoms with Gasteiger partial charge in [-0.3, -0.25) is 4.90 Å². The third kappa shape index (κ3) is 3.04. The van der Waals surface area contributed by atoms with Crippen LogP contribution in [0.1, 0.15) is 25.0 Å². The number of benzene rings is 1. The minimum absolute atomic E-state index is 0.316. The van der Waals surface area contributed by atoms with E-state index in [9.17, 15) is 0 Å². The Kier molecular flexibility index (Phi) is 3.94. The summed E-state index contributed by atoms with van der Waals surface area (Å²) in [6.45, 7) is 4.88. The van der Waals surface area contributed by atoms with Crippen LogP contribution < -0.4 is 4.90 Å². The van der Waals surface area contributed by atoms with Crippen molar-refractivity contribution in [2.75, 3.05) is 24.6 Å². The Bertz CT molecular complexity index is 712. The summed E-state index contributed by atoms with van der Waals surface area (Å²) in [5.74, 6) is 0. The normalized spacial score (nSPS) is 29.0. The first kappa shape index (κ1) is 15.3. The SMILES string of the molecule is c1ccc(N2C[C@@H]3C[C@H]2CN3Cc2cn(CC3CCCO3)nn2)cc1. The van der Waals surface area contributed by atoms with Gasteiger partial charge in [-0.1, -0.05) is 23.4 Å². The van der Waals surface area contributed by atoms with Gasteiger partial charge in [0.05, 0.1) is 18.3 Å². The van der Waals surface area contributed by atoms with Crippen molar-refractivity contribution in [3.05, 3.63) is 42.2 Å². The number of ether oxygens (including phenoxy) is 1. The number of likely N-dealkylation sites (tertiary alicyclic amines) is 1. The van der Waals surface area contributed by atoms with Crippen LogP contribution in [-0.4, -0.2) is 57.8 Å². The Hall–Kier alpha value is -1.92. The van der Waals surface area contributed by atoms with E-state index in [1.54, 1.807) is 0 Å². The van der Waals surface area contributed by atoms with E-state index in [-0.39, 0.29) is 0 Å². The molecule has 0 amide bonds. The first-order valence-electron chi connectivity index (χ1n) is 9.41. The van der Waals surface area contributed by atoms with E-state index >= 15 is 0 Å². The lowest BCUT2D eigenvalue weighted by Gasteiger charge is -2.35. The van der Waals surface area contributed by atoms with Crippen LogP contribution in [0.3, 0.4) is 0 Å². The maximum absolute atomic E-state index is 5.69. The fraction of sp³-hybridized carbons (Fsp3) is 0.579. The number of aromatic nitrogens is 3. The fourth-order valence-corrected chi connectivity index (χ4v) is 4.58. The summed E-state index contributed by atoms with van der Waals surface area (Å²) in [5.41, 5.74) is 2.44. The summed E-state index contributed by atoms with van der Waals surface area (Å²) in [5, 5.41) is 8.68. The van der Waals surface area contributed by atoms with Crippen molar-refractivity contribution in [1.82, 2.24) is 19.9 Å². The van der Waals surface area contributed by atoms with Gasteiger partial charge in [-0.05, 0) is 31.4 Å². The van der Waals surface area contributed by atoms with Crippen molar-refractivity contribution < 1.29 is 4.74 Å². The molecule has 0 aliphatic carbocycles. The highest BCUT2D eigenvalue weighted by Crippen LogP contribution is 2.35. The molecule has 5 rings (SSSR count). The largest absolute Gasteiger partial charge is 0.376 e. The lowest BCUT2D eigenvalue weighted by Crippen LogP contribution is -2.46. The average molecular weight is 339 g/mol. The molecule has 0 radical (unpaired) electrons. The van der Waals surface area contributed by atoms with Gasteiger partial charge in [0, 0.05) is 50.2 Å². The lowest BCUT2D eigenvalue weighted by molar-refractivity contribution is 0.0935. The topological polar surface area (TPSA) is 46.4 Å². The van der Waals surface area contributed by atoms with Crippen LogP contribution in [0, 0.1) is 0 Å². The number of piperazine rings is 1. The van der Waals surface area contributed by atoms with Crippen LogP contribution in [0.15, 0.2) is 36.5 Å². The molecule has 1 unspecified atom stereocenters. The Balaban J connectivity index is 1.19. The average Bonchev–Trinajstić information content (AvgIpc) is 3.41. The van der Waals surface area contributed by atoms with Gasteiger partial charge in [0.25, 0.3) is 0 Å². The third-order valence-electron chi connectivity index (χ3n) is 5.81. The number of para-hydroxylation sites is 1. The third-order valence-corrected chi connectivity index (χ3v) is 5.81. The molecule has 6 nitrogen and oxygen atoms in total. The first-order chi connectivity index (χ1) is 12.3. The Morgan fingerprint density at radius 1 is 1.12 bits per heavy atom. The van der Waals surface area contributed by atoms with Gasteiger partial charge < -0.3 is 9.64 Å². The lowest BCUT2D eigenvalue weighted by atomic mass is 10.2. The van der Waals surface area contributed by atoms with Crippen LogP contribution in [0.25, 0.3) is 0 Å². The Morgan fingerprint density at radius 2 is 2.04 bits per heavy atom. The minimum Gasteiger partial charge on any atom is -0.376 e. The van der Waals surface area contributed by atoms with E-state index in [0.29, 0.717) is 18.2 Å². The summed E-state index contributed by atoms with van der Waals surface area (Å²) in [6, 6.07) is 12.1. The van der Waals surface area contributed by atoms with Crippen molar-refractivity contribution in [2.45, 2.75) is 50.5 Å². The molecule has 4 heterocycles. The highest BCUT2D eigenvalue weighted by molar-refractivity contribution is 5.49. The molecule has 3 aliphatic heterocycles. The Labute approximate surface area is 148 Å². The second kappa shape index (κ2) is 6.42. The summed E-state index contributed by atoms with van der Waals surface area (Å²) < 4.78 is 7.64. The van der Waals surface area contributed by atoms with Crippen LogP contribution in [0.4, 0.5) is 5.69 Å². The zero-order valence-electron chi connectivity index (χ0n) is 14.5. The Morgan fingerprint density at radius 3 is 2.80 bits per heavy atom. The van der Waals surface area contributed by atoms with E-state index in [1.807, 2.05) is 4.68 Å². The van der Waals surface area contributed by atoms with Gasteiger partial charge in [-0.25, -0.2) is 4.68 Å². The quantitative estimate of drug-likeness (QED) is 0.833. The molecular formula is C19H25N5O. The second-order valence-electron chi connectivity index (χ2n) is 7.53. The van der Waals surface area contributed by atoms with E-state index < -0.39 is 0 Å². The van der Waals surface area contributed by atoms with Crippen molar-refractivity contribution in [2.24, 2.45) is 0 Å². The molecule has 2 aromatic rings. The summed E-state index contributed by atoms with van der Waals surface area (Å²) in [7, 11) is 0. The van der Waals surface area contributed by atoms with Crippen molar-refractivity contribution in [3.8, 4) is 0 Å². The number of fused-ring (bicyclic) bond motifs is 2. The molecule has 0 spiro atoms. The molecule has 3 saturated heterocycles. The molecule has 132 valence electrons. The maximum Gasteiger partial charge on any atom is 0.0967 e. The highest BCUT2D eigenvalue weighted by Gasteiger charge is 2.43. The summed E-state index contributed by atoms with van der Waals surface area (Å²) >= 11 is 0. The number of anilines is 1. The molecule has 2 bridgehead atoms. The van der Waals surface area contributed by atoms with E-state index in [0.717, 1.165) is 44.9 Å². The van der Waals surface area contributed by atoms with Crippen LogP contribution in [0.2, 0.25) is 0 Å². The molecule has 6 heteroatoms. The van der Waals surface area contributed by atoms with Crippen LogP contribution in [0.5, 0.6) is 0 Å². The van der Waals surface area contributed by atoms with Gasteiger partial charge >= 0.3 is 0 Å². The van der Waals surface area contributed by atoms with Gasteiger partial charge in [-0.15, -0.1) is 5.10 Å². The summed E-state index contributed by atoms with van der Waals surface area (Å²) in [6.07, 6.45) is 5.99. The number of nitrogens with zero attached hydrogens (tertiary/aromatic N) is 5. The van der Waals surface area contributed by atoms with Crippen molar-refractivity contribution >= 4 is 5.69 Å². The standard InChI is InChI=1S/C19H25N5O/c1-2-5-16(6-3-1)24-13-17-9-18(24)12-22(17)10-15-11-23(21-20-15)14-19-7-4-8-25-19/h1-3,5-6,11,17-19H,4,7-10,12-14H2/t17-,18-,19?/m0/s1. The molecule has 3 aliphatic rings. The van der Waals surface area contributed by atoms with Crippen molar-refractivity contribution in [1.29, 1.82) is 0 Å². The van der Waals surface area contributed by atoms with Crippen LogP contribution >= 0.6 is 0 Å². The van der Waals surface area contributed by atoms with Crippen molar-refractivity contribution in [3.63, 3.8) is 0 Å². The molecule has 25 heavy (non-hydrogen) atoms. The predicted octanol–water partition coefficient (Wildman–Crippen LogP) is 1.92. The first-order valence-corrected chi connectivity index (χ1v) is 9.41. The van der Waals surface area contributed by atoms with Crippen LogP contribution in [-0.2, 0) is 17.8 Å². The predicted molar refractivity (Wildman–Crippen MR) is 95.4 cm³/mol. The monoisotopic (exact) mass is 339 g/mol. The van der Waals surface area contributed by atoms with Gasteiger partial charge in [0.1, 0.15) is 0 Å². The molecule has 0 N–H and O–H groups in total. The van der Waals surface area contributed by atoms with Gasteiger partial charge in [0.2, 0.25) is 0 Å². The molecule has 1 aromatic carbocycles. The van der Waals surface area contributed by atoms with Gasteiger partial charge in [0.15, 0.2) is 0 Å². The zero-order valence-corrected chi connectivity index (χ0v) is 14.5. The smallest absolute Gasteiger partial charge is 0.0967 e. The van der Waals surface area contributed by atoms with Gasteiger partial charge in [-0.2, -0.15) is 0 Å². The number of rotatable bonds is 5. The fourth-order valence-electron chi connectivity index (χ4n) is 4.58. The minimum atomic E-state index is 0.316. The molecule has 0 saturated carbocycles. The molecule has 3 atom stereocenters. The number of hydrogen-bond acceptors (Lipinski definition) is 5. The van der Waals surface area contributed by atoms with E-state index in [1.165, 1.54) is 18.5 Å². The second-order valence-corrected chi connectivity index (χ2v) is 7.53. The maximum atomic E-state index is 5.69. The van der Waals surface area contributed by atoms with E-state index in [2.05, 4.69) is 56.6 Å². The zero-order chi connectivity index (χ0) is 16.6. The molecular weight excluding hydrogens is 314 g/mol. The summed E-state index contributed by atoms with van der Waals surface area (Å²) in [4.78, 5) is 5.14. The highest BCUT2D eigenvalue weighted by atomic mass is 16.5. The van der Waals surface area contributed by atoms with E-state index in [4.69, 9.17) is 4.74 Å².